The normalized spacial score (nSPS) is 16.0. The maximum atomic E-state index is 12.4. The van der Waals surface area contributed by atoms with Crippen LogP contribution in [-0.4, -0.2) is 42.5 Å². The molecule has 0 aromatic heterocycles. The molecule has 4 nitrogen and oxygen atoms in total. The summed E-state index contributed by atoms with van der Waals surface area (Å²) in [6.45, 7) is 4.05. The molecule has 126 valence electrons. The van der Waals surface area contributed by atoms with E-state index in [-0.39, 0.29) is 5.91 Å². The Bertz CT molecular complexity index is 672. The molecule has 0 spiro atoms. The van der Waals surface area contributed by atoms with Gasteiger partial charge in [-0.05, 0) is 23.3 Å². The molecule has 0 bridgehead atoms. The van der Waals surface area contributed by atoms with Gasteiger partial charge in [-0.3, -0.25) is 9.69 Å². The molecule has 1 heterocycles. The van der Waals surface area contributed by atoms with Crippen LogP contribution in [-0.2, 0) is 17.9 Å². The molecule has 0 saturated carbocycles. The number of methoxy groups -OCH3 is 1. The standard InChI is InChI=1S/C20H24N2O2/c1-24-19-9-5-8-18(14-19)16-22-13-12-21(11-10-20(22)23)15-17-6-3-2-4-7-17/h2-9,14H,10-13,15-16H2,1H3. The molecule has 1 aliphatic heterocycles. The van der Waals surface area contributed by atoms with Crippen molar-refractivity contribution in [1.29, 1.82) is 0 Å². The van der Waals surface area contributed by atoms with Gasteiger partial charge in [-0.1, -0.05) is 42.5 Å². The molecule has 0 N–H and O–H groups in total. The predicted octanol–water partition coefficient (Wildman–Crippen LogP) is 2.93. The summed E-state index contributed by atoms with van der Waals surface area (Å²) in [5, 5.41) is 0. The third kappa shape index (κ3) is 4.36. The highest BCUT2D eigenvalue weighted by Gasteiger charge is 2.21. The summed E-state index contributed by atoms with van der Waals surface area (Å²) in [4.78, 5) is 16.8. The minimum absolute atomic E-state index is 0.230. The maximum Gasteiger partial charge on any atom is 0.224 e. The van der Waals surface area contributed by atoms with Crippen LogP contribution in [0.2, 0.25) is 0 Å². The summed E-state index contributed by atoms with van der Waals surface area (Å²) in [6.07, 6.45) is 0.580. The van der Waals surface area contributed by atoms with Gasteiger partial charge in [0.05, 0.1) is 7.11 Å². The van der Waals surface area contributed by atoms with E-state index in [9.17, 15) is 4.79 Å². The van der Waals surface area contributed by atoms with E-state index in [0.717, 1.165) is 37.5 Å². The topological polar surface area (TPSA) is 32.8 Å². The van der Waals surface area contributed by atoms with Gasteiger partial charge in [0.25, 0.3) is 0 Å². The maximum absolute atomic E-state index is 12.4. The molecule has 1 aliphatic rings. The molecule has 1 fully saturated rings. The van der Waals surface area contributed by atoms with E-state index >= 15 is 0 Å². The van der Waals surface area contributed by atoms with Crippen molar-refractivity contribution in [2.75, 3.05) is 26.7 Å². The van der Waals surface area contributed by atoms with Crippen LogP contribution in [0, 0.1) is 0 Å². The molecule has 24 heavy (non-hydrogen) atoms. The predicted molar refractivity (Wildman–Crippen MR) is 94.7 cm³/mol. The number of rotatable bonds is 5. The Hall–Kier alpha value is -2.33. The zero-order valence-corrected chi connectivity index (χ0v) is 14.1. The lowest BCUT2D eigenvalue weighted by atomic mass is 10.2. The van der Waals surface area contributed by atoms with Crippen molar-refractivity contribution in [3.8, 4) is 5.75 Å². The van der Waals surface area contributed by atoms with Gasteiger partial charge < -0.3 is 9.64 Å². The lowest BCUT2D eigenvalue weighted by Crippen LogP contribution is -2.32. The average molecular weight is 324 g/mol. The van der Waals surface area contributed by atoms with Crippen molar-refractivity contribution >= 4 is 5.91 Å². The van der Waals surface area contributed by atoms with Gasteiger partial charge >= 0.3 is 0 Å². The largest absolute Gasteiger partial charge is 0.497 e. The molecule has 0 unspecified atom stereocenters. The lowest BCUT2D eigenvalue weighted by Gasteiger charge is -2.22. The van der Waals surface area contributed by atoms with E-state index in [1.807, 2.05) is 35.2 Å². The van der Waals surface area contributed by atoms with Crippen molar-refractivity contribution in [3.05, 3.63) is 65.7 Å². The SMILES string of the molecule is COc1cccc(CN2CCN(Cc3ccccc3)CCC2=O)c1. The molecule has 4 heteroatoms. The van der Waals surface area contributed by atoms with E-state index < -0.39 is 0 Å². The van der Waals surface area contributed by atoms with Gasteiger partial charge in [-0.25, -0.2) is 0 Å². The molecule has 0 atom stereocenters. The van der Waals surface area contributed by atoms with Crippen molar-refractivity contribution in [2.24, 2.45) is 0 Å². The molecule has 0 radical (unpaired) electrons. The number of hydrogen-bond donors (Lipinski definition) is 0. The Kier molecular flexibility index (Phi) is 5.49. The van der Waals surface area contributed by atoms with Crippen molar-refractivity contribution in [3.63, 3.8) is 0 Å². The van der Waals surface area contributed by atoms with E-state index in [2.05, 4.69) is 29.2 Å². The third-order valence-corrected chi connectivity index (χ3v) is 4.44. The fourth-order valence-corrected chi connectivity index (χ4v) is 3.07. The Morgan fingerprint density at radius 3 is 2.50 bits per heavy atom. The van der Waals surface area contributed by atoms with Gasteiger partial charge in [-0.15, -0.1) is 0 Å². The lowest BCUT2D eigenvalue weighted by molar-refractivity contribution is -0.130. The summed E-state index contributed by atoms with van der Waals surface area (Å²) < 4.78 is 5.27. The fourth-order valence-electron chi connectivity index (χ4n) is 3.07. The number of amides is 1. The molecule has 2 aromatic rings. The first-order valence-electron chi connectivity index (χ1n) is 8.41. The van der Waals surface area contributed by atoms with Crippen LogP contribution in [0.4, 0.5) is 0 Å². The molecule has 0 aliphatic carbocycles. The van der Waals surface area contributed by atoms with Crippen LogP contribution >= 0.6 is 0 Å². The minimum atomic E-state index is 0.230. The van der Waals surface area contributed by atoms with Gasteiger partial charge in [0.1, 0.15) is 5.75 Å². The van der Waals surface area contributed by atoms with E-state index in [0.29, 0.717) is 13.0 Å². The van der Waals surface area contributed by atoms with Crippen LogP contribution in [0.15, 0.2) is 54.6 Å². The molecular weight excluding hydrogens is 300 g/mol. The second-order valence-corrected chi connectivity index (χ2v) is 6.18. The minimum Gasteiger partial charge on any atom is -0.497 e. The zero-order valence-electron chi connectivity index (χ0n) is 14.1. The second-order valence-electron chi connectivity index (χ2n) is 6.18. The van der Waals surface area contributed by atoms with Crippen molar-refractivity contribution in [1.82, 2.24) is 9.80 Å². The fraction of sp³-hybridized carbons (Fsp3) is 0.350. The summed E-state index contributed by atoms with van der Waals surface area (Å²) in [7, 11) is 1.66. The van der Waals surface area contributed by atoms with E-state index in [1.54, 1.807) is 7.11 Å². The Morgan fingerprint density at radius 2 is 1.71 bits per heavy atom. The Labute approximate surface area is 143 Å². The van der Waals surface area contributed by atoms with Crippen molar-refractivity contribution < 1.29 is 9.53 Å². The van der Waals surface area contributed by atoms with Crippen LogP contribution in [0.5, 0.6) is 5.75 Å². The highest BCUT2D eigenvalue weighted by molar-refractivity contribution is 5.76. The first-order valence-corrected chi connectivity index (χ1v) is 8.41. The third-order valence-electron chi connectivity index (χ3n) is 4.44. The monoisotopic (exact) mass is 324 g/mol. The summed E-state index contributed by atoms with van der Waals surface area (Å²) in [5.41, 5.74) is 2.41. The summed E-state index contributed by atoms with van der Waals surface area (Å²) in [6, 6.07) is 18.4. The van der Waals surface area contributed by atoms with Crippen LogP contribution in [0.3, 0.4) is 0 Å². The first kappa shape index (κ1) is 16.5. The van der Waals surface area contributed by atoms with E-state index in [4.69, 9.17) is 4.74 Å². The van der Waals surface area contributed by atoms with Crippen LogP contribution in [0.25, 0.3) is 0 Å². The number of hydrogen-bond acceptors (Lipinski definition) is 3. The number of ether oxygens (including phenoxy) is 1. The zero-order chi connectivity index (χ0) is 16.8. The smallest absolute Gasteiger partial charge is 0.224 e. The van der Waals surface area contributed by atoms with Crippen molar-refractivity contribution in [2.45, 2.75) is 19.5 Å². The highest BCUT2D eigenvalue weighted by Crippen LogP contribution is 2.16. The van der Waals surface area contributed by atoms with Crippen LogP contribution < -0.4 is 4.74 Å². The molecule has 1 amide bonds. The number of nitrogens with zero attached hydrogens (tertiary/aromatic N) is 2. The first-order chi connectivity index (χ1) is 11.7. The number of carbonyl (C=O) groups excluding carboxylic acids is 1. The summed E-state index contributed by atoms with van der Waals surface area (Å²) >= 11 is 0. The Balaban J connectivity index is 1.61. The number of benzene rings is 2. The molecule has 1 saturated heterocycles. The number of carbonyl (C=O) groups is 1. The van der Waals surface area contributed by atoms with Gasteiger partial charge in [-0.2, -0.15) is 0 Å². The molecule has 2 aromatic carbocycles. The average Bonchev–Trinajstić information content (AvgIpc) is 2.79. The molecular formula is C20H24N2O2. The summed E-state index contributed by atoms with van der Waals surface area (Å²) in [5.74, 6) is 1.06. The van der Waals surface area contributed by atoms with Gasteiger partial charge in [0.2, 0.25) is 5.91 Å². The highest BCUT2D eigenvalue weighted by atomic mass is 16.5. The van der Waals surface area contributed by atoms with E-state index in [1.165, 1.54) is 5.56 Å². The van der Waals surface area contributed by atoms with Gasteiger partial charge in [0, 0.05) is 39.1 Å². The molecule has 3 rings (SSSR count). The second kappa shape index (κ2) is 7.97. The van der Waals surface area contributed by atoms with Gasteiger partial charge in [0.15, 0.2) is 0 Å². The van der Waals surface area contributed by atoms with Crippen LogP contribution in [0.1, 0.15) is 17.5 Å². The Morgan fingerprint density at radius 1 is 0.917 bits per heavy atom. The quantitative estimate of drug-likeness (QED) is 0.848.